The number of amides is 1. The van der Waals surface area contributed by atoms with Crippen LogP contribution < -0.4 is 5.32 Å². The van der Waals surface area contributed by atoms with Gasteiger partial charge in [0.2, 0.25) is 0 Å². The Balaban J connectivity index is 0.000000223. The Morgan fingerprint density at radius 1 is 0.641 bits per heavy atom. The molecule has 0 aliphatic carbocycles. The number of β-amino-alcohol motifs (C(OH)–C–C–N with tert-alkyl or cyclic N) is 2. The molecule has 336 valence electrons. The maximum atomic E-state index is 13.6. The molecule has 10 nitrogen and oxygen atoms in total. The predicted octanol–water partition coefficient (Wildman–Crippen LogP) is 6.85. The molecule has 0 radical (unpaired) electrons. The molecule has 64 heavy (non-hydrogen) atoms. The van der Waals surface area contributed by atoms with Crippen molar-refractivity contribution in [3.05, 3.63) is 177 Å². The first-order chi connectivity index (χ1) is 31.1. The van der Waals surface area contributed by atoms with Gasteiger partial charge < -0.3 is 20.4 Å². The Morgan fingerprint density at radius 2 is 1.14 bits per heavy atom. The first-order valence-electron chi connectivity index (χ1n) is 22.3. The largest absolute Gasteiger partial charge is 0.391 e. The van der Waals surface area contributed by atoms with E-state index in [-0.39, 0.29) is 35.6 Å². The number of carbonyl (C=O) groups excluding carboxylic acids is 2. The predicted molar refractivity (Wildman–Crippen MR) is 255 cm³/mol. The highest BCUT2D eigenvalue weighted by molar-refractivity contribution is 6.30. The SMILES string of the molecule is O=C(C(c1ccccc1)c1ccccc1)C1CNCC1O.O=C(c1ccc(Cl)cc1)N1CC(O)C(N2CCN(Cc3ccc(Cl)cc3)CC2)(N2CCN(C(Cl)c3ccccc3)CC2)C1. The molecular formula is C51H57Cl3N6O4. The van der Waals surface area contributed by atoms with Crippen LogP contribution in [0.25, 0.3) is 0 Å². The molecule has 1 amide bonds. The monoisotopic (exact) mass is 922 g/mol. The second-order valence-electron chi connectivity index (χ2n) is 17.2. The zero-order valence-corrected chi connectivity index (χ0v) is 38.2. The van der Waals surface area contributed by atoms with Gasteiger partial charge in [-0.15, -0.1) is 11.6 Å². The molecule has 4 fully saturated rings. The minimum Gasteiger partial charge on any atom is -0.391 e. The van der Waals surface area contributed by atoms with Gasteiger partial charge in [0.25, 0.3) is 5.91 Å². The number of alkyl halides is 1. The number of Topliss-reactive ketones (excluding diaryl/α,β-unsaturated/α-hetero) is 1. The van der Waals surface area contributed by atoms with Crippen molar-refractivity contribution in [3.63, 3.8) is 0 Å². The summed E-state index contributed by atoms with van der Waals surface area (Å²) in [5.41, 5.74) is 3.99. The number of hydrogen-bond donors (Lipinski definition) is 3. The Labute approximate surface area is 391 Å². The van der Waals surface area contributed by atoms with Gasteiger partial charge in [0, 0.05) is 87.6 Å². The van der Waals surface area contributed by atoms with Gasteiger partial charge in [-0.2, -0.15) is 0 Å². The first kappa shape index (κ1) is 46.4. The molecule has 4 saturated heterocycles. The van der Waals surface area contributed by atoms with E-state index in [0.29, 0.717) is 30.2 Å². The van der Waals surface area contributed by atoms with E-state index in [2.05, 4.69) is 49.2 Å². The van der Waals surface area contributed by atoms with Crippen molar-refractivity contribution in [1.29, 1.82) is 0 Å². The maximum absolute atomic E-state index is 13.6. The molecule has 3 N–H and O–H groups in total. The molecular weight excluding hydrogens is 867 g/mol. The number of ketones is 1. The van der Waals surface area contributed by atoms with Crippen LogP contribution in [0.2, 0.25) is 10.0 Å². The number of rotatable bonds is 11. The lowest BCUT2D eigenvalue weighted by Crippen LogP contribution is -2.72. The van der Waals surface area contributed by atoms with Crippen LogP contribution in [0, 0.1) is 5.92 Å². The highest BCUT2D eigenvalue weighted by atomic mass is 35.5. The van der Waals surface area contributed by atoms with Crippen molar-refractivity contribution in [1.82, 2.24) is 29.8 Å². The number of aliphatic hydroxyl groups excluding tert-OH is 2. The van der Waals surface area contributed by atoms with Crippen LogP contribution in [0.5, 0.6) is 0 Å². The number of nitrogens with zero attached hydrogens (tertiary/aromatic N) is 5. The van der Waals surface area contributed by atoms with Crippen LogP contribution in [-0.2, 0) is 11.3 Å². The van der Waals surface area contributed by atoms with E-state index in [4.69, 9.17) is 34.8 Å². The number of nitrogens with one attached hydrogen (secondary N) is 1. The Morgan fingerprint density at radius 3 is 1.66 bits per heavy atom. The van der Waals surface area contributed by atoms with Gasteiger partial charge in [-0.3, -0.25) is 29.2 Å². The summed E-state index contributed by atoms with van der Waals surface area (Å²) in [4.78, 5) is 38.0. The molecule has 0 saturated carbocycles. The van der Waals surface area contributed by atoms with Crippen LogP contribution in [0.1, 0.15) is 44.0 Å². The van der Waals surface area contributed by atoms with Crippen molar-refractivity contribution < 1.29 is 19.8 Å². The van der Waals surface area contributed by atoms with Crippen LogP contribution in [-0.4, -0.2) is 143 Å². The fraction of sp³-hybridized carbons (Fsp3) is 0.373. The minimum absolute atomic E-state index is 0.0810. The molecule has 4 aliphatic rings. The smallest absolute Gasteiger partial charge is 0.254 e. The molecule has 5 aromatic carbocycles. The van der Waals surface area contributed by atoms with Crippen molar-refractivity contribution in [2.75, 3.05) is 78.5 Å². The van der Waals surface area contributed by atoms with Crippen molar-refractivity contribution in [2.45, 2.75) is 35.8 Å². The average Bonchev–Trinajstić information content (AvgIpc) is 3.94. The maximum Gasteiger partial charge on any atom is 0.254 e. The van der Waals surface area contributed by atoms with Crippen molar-refractivity contribution >= 4 is 46.5 Å². The summed E-state index contributed by atoms with van der Waals surface area (Å²) in [7, 11) is 0. The third-order valence-electron chi connectivity index (χ3n) is 13.3. The standard InChI is InChI=1S/C33H38Cl3N5O2.C18H19NO2/c34-28-10-6-25(7-11-28)22-37-14-18-40(19-15-37)33(24-39(23-30(33)42)32(43)27-8-12-29(35)13-9-27)41-20-16-38(17-21-41)31(36)26-4-2-1-3-5-26;20-16-12-19-11-15(16)18(21)17(13-7-3-1-4-8-13)14-9-5-2-6-10-14/h1-13,30-31,42H,14-24H2;1-10,15-17,19-20H,11-12H2. The number of carbonyl (C=O) groups is 2. The second-order valence-corrected chi connectivity index (χ2v) is 18.5. The molecule has 4 aliphatic heterocycles. The third kappa shape index (κ3) is 10.6. The number of piperazine rings is 2. The van der Waals surface area contributed by atoms with E-state index in [9.17, 15) is 19.8 Å². The lowest BCUT2D eigenvalue weighted by atomic mass is 9.81. The van der Waals surface area contributed by atoms with Gasteiger partial charge in [-0.05, 0) is 58.7 Å². The number of benzene rings is 5. The van der Waals surface area contributed by atoms with Crippen molar-refractivity contribution in [2.24, 2.45) is 5.92 Å². The molecule has 5 unspecified atom stereocenters. The van der Waals surface area contributed by atoms with Crippen LogP contribution in [0.15, 0.2) is 140 Å². The van der Waals surface area contributed by atoms with Gasteiger partial charge in [0.05, 0.1) is 31.0 Å². The van der Waals surface area contributed by atoms with E-state index in [1.54, 1.807) is 24.3 Å². The third-order valence-corrected chi connectivity index (χ3v) is 14.4. The summed E-state index contributed by atoms with van der Waals surface area (Å²) in [6, 6.07) is 44.8. The number of aliphatic hydroxyl groups is 2. The first-order valence-corrected chi connectivity index (χ1v) is 23.4. The topological polar surface area (TPSA) is 103 Å². The lowest BCUT2D eigenvalue weighted by Gasteiger charge is -2.54. The zero-order valence-electron chi connectivity index (χ0n) is 35.9. The molecule has 4 heterocycles. The summed E-state index contributed by atoms with van der Waals surface area (Å²) < 4.78 is 0. The van der Waals surface area contributed by atoms with Gasteiger partial charge in [0.15, 0.2) is 5.78 Å². The van der Waals surface area contributed by atoms with Crippen LogP contribution >= 0.6 is 34.8 Å². The van der Waals surface area contributed by atoms with Crippen LogP contribution in [0.3, 0.4) is 0 Å². The van der Waals surface area contributed by atoms with Gasteiger partial charge in [-0.25, -0.2) is 0 Å². The summed E-state index contributed by atoms with van der Waals surface area (Å²) in [6.07, 6.45) is -1.30. The molecule has 5 aromatic rings. The second kappa shape index (κ2) is 21.4. The van der Waals surface area contributed by atoms with Gasteiger partial charge in [0.1, 0.15) is 17.3 Å². The average molecular weight is 924 g/mol. The van der Waals surface area contributed by atoms with Crippen molar-refractivity contribution in [3.8, 4) is 0 Å². The van der Waals surface area contributed by atoms with E-state index < -0.39 is 17.9 Å². The zero-order chi connectivity index (χ0) is 44.6. The Hall–Kier alpha value is -4.17. The molecule has 0 spiro atoms. The summed E-state index contributed by atoms with van der Waals surface area (Å²) in [5.74, 6) is -0.644. The van der Waals surface area contributed by atoms with E-state index in [1.165, 1.54) is 5.56 Å². The summed E-state index contributed by atoms with van der Waals surface area (Å²) >= 11 is 19.1. The molecule has 9 rings (SSSR count). The highest BCUT2D eigenvalue weighted by Crippen LogP contribution is 2.37. The number of hydrogen-bond acceptors (Lipinski definition) is 9. The van der Waals surface area contributed by atoms with E-state index >= 15 is 0 Å². The Kier molecular flexibility index (Phi) is 15.5. The summed E-state index contributed by atoms with van der Waals surface area (Å²) in [6.45, 7) is 9.04. The Bertz CT molecular complexity index is 2220. The molecule has 5 atom stereocenters. The lowest BCUT2D eigenvalue weighted by molar-refractivity contribution is -0.136. The van der Waals surface area contributed by atoms with E-state index in [0.717, 1.165) is 80.6 Å². The highest BCUT2D eigenvalue weighted by Gasteiger charge is 2.56. The molecule has 0 aromatic heterocycles. The molecule has 13 heteroatoms. The fourth-order valence-electron chi connectivity index (χ4n) is 9.84. The number of likely N-dealkylation sites (tertiary alicyclic amines) is 1. The fourth-order valence-corrected chi connectivity index (χ4v) is 10.4. The van der Waals surface area contributed by atoms with E-state index in [1.807, 2.05) is 95.9 Å². The quantitative estimate of drug-likeness (QED) is 0.0971. The number of halogens is 3. The molecule has 0 bridgehead atoms. The minimum atomic E-state index is -0.709. The van der Waals surface area contributed by atoms with Gasteiger partial charge >= 0.3 is 0 Å². The van der Waals surface area contributed by atoms with Gasteiger partial charge in [-0.1, -0.05) is 126 Å². The summed E-state index contributed by atoms with van der Waals surface area (Å²) in [5, 5.41) is 26.3. The van der Waals surface area contributed by atoms with Crippen LogP contribution in [0.4, 0.5) is 0 Å². The normalized spacial score (nSPS) is 24.0.